The quantitative estimate of drug-likeness (QED) is 0.533. The van der Waals surface area contributed by atoms with Crippen LogP contribution in [-0.4, -0.2) is 59.0 Å². The number of rotatable bonds is 7. The standard InChI is InChI=1S/C26H29N3O3/c1-21-6-12-24(13-7-21)32-20-4-5-25(30)28-16-18-29(19-17-28)26(31)22-8-10-23(11-9-22)27-14-2-3-15-27/h2-3,6-15H,4-5,16-20H2,1H3. The average molecular weight is 432 g/mol. The first-order chi connectivity index (χ1) is 15.6. The lowest BCUT2D eigenvalue weighted by atomic mass is 10.1. The molecule has 2 heterocycles. The van der Waals surface area contributed by atoms with Gasteiger partial charge >= 0.3 is 0 Å². The molecule has 0 bridgehead atoms. The monoisotopic (exact) mass is 431 g/mol. The molecule has 1 aromatic heterocycles. The van der Waals surface area contributed by atoms with E-state index in [1.54, 1.807) is 0 Å². The second-order valence-electron chi connectivity index (χ2n) is 8.08. The molecule has 3 aromatic rings. The number of aryl methyl sites for hydroxylation is 1. The Morgan fingerprint density at radius 3 is 2.12 bits per heavy atom. The minimum absolute atomic E-state index is 0.0163. The Balaban J connectivity index is 1.19. The minimum atomic E-state index is 0.0163. The van der Waals surface area contributed by atoms with Crippen LogP contribution in [0.1, 0.15) is 28.8 Å². The van der Waals surface area contributed by atoms with Crippen molar-refractivity contribution in [2.45, 2.75) is 19.8 Å². The van der Waals surface area contributed by atoms with Crippen LogP contribution >= 0.6 is 0 Å². The summed E-state index contributed by atoms with van der Waals surface area (Å²) in [4.78, 5) is 29.0. The zero-order valence-corrected chi connectivity index (χ0v) is 18.4. The van der Waals surface area contributed by atoms with Gasteiger partial charge in [-0.15, -0.1) is 0 Å². The minimum Gasteiger partial charge on any atom is -0.494 e. The third kappa shape index (κ3) is 5.38. The van der Waals surface area contributed by atoms with E-state index >= 15 is 0 Å². The van der Waals surface area contributed by atoms with Gasteiger partial charge in [0, 0.05) is 56.2 Å². The van der Waals surface area contributed by atoms with Crippen molar-refractivity contribution in [3.63, 3.8) is 0 Å². The molecular weight excluding hydrogens is 402 g/mol. The molecule has 4 rings (SSSR count). The van der Waals surface area contributed by atoms with Crippen LogP contribution in [0.3, 0.4) is 0 Å². The van der Waals surface area contributed by atoms with Crippen LogP contribution in [-0.2, 0) is 4.79 Å². The molecule has 6 nitrogen and oxygen atoms in total. The fraction of sp³-hybridized carbons (Fsp3) is 0.308. The summed E-state index contributed by atoms with van der Waals surface area (Å²) in [5.41, 5.74) is 2.89. The first kappa shape index (κ1) is 21.7. The van der Waals surface area contributed by atoms with E-state index < -0.39 is 0 Å². The molecule has 0 spiro atoms. The largest absolute Gasteiger partial charge is 0.494 e. The Labute approximate surface area is 189 Å². The average Bonchev–Trinajstić information content (AvgIpc) is 3.38. The molecule has 0 unspecified atom stereocenters. The Hall–Kier alpha value is -3.54. The van der Waals surface area contributed by atoms with E-state index in [4.69, 9.17) is 4.74 Å². The Kier molecular flexibility index (Phi) is 6.90. The van der Waals surface area contributed by atoms with Crippen molar-refractivity contribution in [1.82, 2.24) is 14.4 Å². The van der Waals surface area contributed by atoms with Gasteiger partial charge in [0.15, 0.2) is 0 Å². The molecule has 32 heavy (non-hydrogen) atoms. The maximum Gasteiger partial charge on any atom is 0.253 e. The summed E-state index contributed by atoms with van der Waals surface area (Å²) in [6, 6.07) is 19.5. The van der Waals surface area contributed by atoms with Gasteiger partial charge in [0.1, 0.15) is 5.75 Å². The predicted molar refractivity (Wildman–Crippen MR) is 124 cm³/mol. The Morgan fingerprint density at radius 2 is 1.47 bits per heavy atom. The van der Waals surface area contributed by atoms with Gasteiger partial charge in [-0.05, 0) is 61.9 Å². The predicted octanol–water partition coefficient (Wildman–Crippen LogP) is 3.93. The van der Waals surface area contributed by atoms with Crippen LogP contribution in [0.5, 0.6) is 5.75 Å². The van der Waals surface area contributed by atoms with Gasteiger partial charge in [-0.2, -0.15) is 0 Å². The second kappa shape index (κ2) is 10.2. The second-order valence-corrected chi connectivity index (χ2v) is 8.08. The van der Waals surface area contributed by atoms with Crippen molar-refractivity contribution in [2.24, 2.45) is 0 Å². The molecule has 1 aliphatic rings. The summed E-state index contributed by atoms with van der Waals surface area (Å²) in [6.45, 7) is 4.83. The Bertz CT molecular complexity index is 1020. The summed E-state index contributed by atoms with van der Waals surface area (Å²) < 4.78 is 7.71. The smallest absolute Gasteiger partial charge is 0.253 e. The summed E-state index contributed by atoms with van der Waals surface area (Å²) in [5, 5.41) is 0. The highest BCUT2D eigenvalue weighted by Crippen LogP contribution is 2.15. The number of ether oxygens (including phenoxy) is 1. The third-order valence-electron chi connectivity index (χ3n) is 5.76. The van der Waals surface area contributed by atoms with Gasteiger partial charge in [-0.25, -0.2) is 0 Å². The zero-order valence-electron chi connectivity index (χ0n) is 18.4. The van der Waals surface area contributed by atoms with Gasteiger partial charge in [0.2, 0.25) is 5.91 Å². The lowest BCUT2D eigenvalue weighted by Crippen LogP contribution is -2.50. The zero-order chi connectivity index (χ0) is 22.3. The molecule has 0 atom stereocenters. The van der Waals surface area contributed by atoms with Crippen molar-refractivity contribution < 1.29 is 14.3 Å². The summed E-state index contributed by atoms with van der Waals surface area (Å²) in [7, 11) is 0. The summed E-state index contributed by atoms with van der Waals surface area (Å²) in [6.07, 6.45) is 5.09. The van der Waals surface area contributed by atoms with Crippen LogP contribution < -0.4 is 4.74 Å². The number of aromatic nitrogens is 1. The van der Waals surface area contributed by atoms with Crippen molar-refractivity contribution in [2.75, 3.05) is 32.8 Å². The van der Waals surface area contributed by atoms with Crippen LogP contribution in [0.2, 0.25) is 0 Å². The number of nitrogens with zero attached hydrogens (tertiary/aromatic N) is 3. The van der Waals surface area contributed by atoms with E-state index in [1.165, 1.54) is 5.56 Å². The van der Waals surface area contributed by atoms with E-state index in [1.807, 2.05) is 94.3 Å². The fourth-order valence-corrected chi connectivity index (χ4v) is 3.83. The fourth-order valence-electron chi connectivity index (χ4n) is 3.83. The normalized spacial score (nSPS) is 13.8. The molecular formula is C26H29N3O3. The molecule has 1 fully saturated rings. The van der Waals surface area contributed by atoms with Crippen molar-refractivity contribution in [3.05, 3.63) is 84.2 Å². The van der Waals surface area contributed by atoms with E-state index in [-0.39, 0.29) is 11.8 Å². The number of piperazine rings is 1. The number of benzene rings is 2. The molecule has 1 saturated heterocycles. The summed E-state index contributed by atoms with van der Waals surface area (Å²) >= 11 is 0. The molecule has 0 radical (unpaired) electrons. The van der Waals surface area contributed by atoms with Crippen LogP contribution in [0.15, 0.2) is 73.1 Å². The Morgan fingerprint density at radius 1 is 0.844 bits per heavy atom. The highest BCUT2D eigenvalue weighted by atomic mass is 16.5. The van der Waals surface area contributed by atoms with E-state index in [0.29, 0.717) is 51.2 Å². The topological polar surface area (TPSA) is 54.8 Å². The van der Waals surface area contributed by atoms with Crippen molar-refractivity contribution in [1.29, 1.82) is 0 Å². The van der Waals surface area contributed by atoms with Crippen LogP contribution in [0, 0.1) is 6.92 Å². The van der Waals surface area contributed by atoms with Crippen molar-refractivity contribution >= 4 is 11.8 Å². The van der Waals surface area contributed by atoms with E-state index in [2.05, 4.69) is 0 Å². The third-order valence-corrected chi connectivity index (χ3v) is 5.76. The molecule has 0 N–H and O–H groups in total. The first-order valence-electron chi connectivity index (χ1n) is 11.1. The van der Waals surface area contributed by atoms with Gasteiger partial charge in [-0.3, -0.25) is 9.59 Å². The van der Waals surface area contributed by atoms with Crippen molar-refractivity contribution in [3.8, 4) is 11.4 Å². The van der Waals surface area contributed by atoms with E-state index in [9.17, 15) is 9.59 Å². The lowest BCUT2D eigenvalue weighted by Gasteiger charge is -2.35. The molecule has 0 saturated carbocycles. The first-order valence-corrected chi connectivity index (χ1v) is 11.1. The number of hydrogen-bond donors (Lipinski definition) is 0. The lowest BCUT2D eigenvalue weighted by molar-refractivity contribution is -0.132. The van der Waals surface area contributed by atoms with Crippen LogP contribution in [0.25, 0.3) is 5.69 Å². The maximum absolute atomic E-state index is 12.8. The highest BCUT2D eigenvalue weighted by Gasteiger charge is 2.24. The number of carbonyl (C=O) groups excluding carboxylic acids is 2. The highest BCUT2D eigenvalue weighted by molar-refractivity contribution is 5.94. The number of amides is 2. The molecule has 166 valence electrons. The van der Waals surface area contributed by atoms with Gasteiger partial charge < -0.3 is 19.1 Å². The molecule has 1 aliphatic heterocycles. The molecule has 0 aliphatic carbocycles. The molecule has 2 aromatic carbocycles. The summed E-state index contributed by atoms with van der Waals surface area (Å²) in [5.74, 6) is 0.972. The van der Waals surface area contributed by atoms with E-state index in [0.717, 1.165) is 11.4 Å². The van der Waals surface area contributed by atoms with Crippen LogP contribution in [0.4, 0.5) is 0 Å². The van der Waals surface area contributed by atoms with Gasteiger partial charge in [0.25, 0.3) is 5.91 Å². The molecule has 6 heteroatoms. The number of carbonyl (C=O) groups is 2. The molecule has 2 amide bonds. The van der Waals surface area contributed by atoms with Gasteiger partial charge in [-0.1, -0.05) is 17.7 Å². The SMILES string of the molecule is Cc1ccc(OCCCC(=O)N2CCN(C(=O)c3ccc(-n4cccc4)cc3)CC2)cc1. The number of hydrogen-bond acceptors (Lipinski definition) is 3. The maximum atomic E-state index is 12.8. The van der Waals surface area contributed by atoms with Gasteiger partial charge in [0.05, 0.1) is 6.61 Å².